The number of rotatable bonds is 7. The van der Waals surface area contributed by atoms with Gasteiger partial charge >= 0.3 is 0 Å². The predicted molar refractivity (Wildman–Crippen MR) is 77.7 cm³/mol. The van der Waals surface area contributed by atoms with Crippen LogP contribution in [0, 0.1) is 5.82 Å². The lowest BCUT2D eigenvalue weighted by atomic mass is 10.2. The Morgan fingerprint density at radius 3 is 2.85 bits per heavy atom. The molecule has 2 aromatic rings. The van der Waals surface area contributed by atoms with Crippen LogP contribution in [0.15, 0.2) is 47.1 Å². The third-order valence-electron chi connectivity index (χ3n) is 2.73. The van der Waals surface area contributed by atoms with E-state index in [2.05, 4.69) is 5.32 Å². The smallest absolute Gasteiger partial charge is 0.221 e. The lowest BCUT2D eigenvalue weighted by Crippen LogP contribution is -2.22. The van der Waals surface area contributed by atoms with Gasteiger partial charge in [-0.25, -0.2) is 4.39 Å². The maximum absolute atomic E-state index is 13.4. The molecule has 20 heavy (non-hydrogen) atoms. The topological polar surface area (TPSA) is 42.2 Å². The molecule has 5 heteroatoms. The summed E-state index contributed by atoms with van der Waals surface area (Å²) in [6, 6.07) is 10.3. The van der Waals surface area contributed by atoms with Crippen molar-refractivity contribution in [3.63, 3.8) is 0 Å². The fraction of sp³-hybridized carbons (Fsp3) is 0.267. The molecular weight excluding hydrogens is 277 g/mol. The van der Waals surface area contributed by atoms with Gasteiger partial charge in [0.15, 0.2) is 0 Å². The molecule has 1 aromatic carbocycles. The van der Waals surface area contributed by atoms with Crippen molar-refractivity contribution < 1.29 is 13.6 Å². The molecule has 1 heterocycles. The molecule has 0 aliphatic rings. The average Bonchev–Trinajstić information content (AvgIpc) is 2.96. The van der Waals surface area contributed by atoms with Gasteiger partial charge in [0.05, 0.1) is 12.8 Å². The van der Waals surface area contributed by atoms with Crippen molar-refractivity contribution in [1.82, 2.24) is 5.32 Å². The van der Waals surface area contributed by atoms with Gasteiger partial charge in [-0.05, 0) is 23.8 Å². The molecule has 0 aliphatic heterocycles. The highest BCUT2D eigenvalue weighted by molar-refractivity contribution is 7.98. The van der Waals surface area contributed by atoms with E-state index in [4.69, 9.17) is 4.42 Å². The van der Waals surface area contributed by atoms with Crippen LogP contribution < -0.4 is 5.32 Å². The third kappa shape index (κ3) is 4.74. The zero-order chi connectivity index (χ0) is 14.2. The lowest BCUT2D eigenvalue weighted by Gasteiger charge is -2.04. The summed E-state index contributed by atoms with van der Waals surface area (Å²) in [6.45, 7) is 0.407. The summed E-state index contributed by atoms with van der Waals surface area (Å²) < 4.78 is 18.5. The number of hydrogen-bond donors (Lipinski definition) is 1. The van der Waals surface area contributed by atoms with Crippen LogP contribution in [0.25, 0.3) is 0 Å². The van der Waals surface area contributed by atoms with Crippen molar-refractivity contribution in [2.24, 2.45) is 0 Å². The molecule has 1 N–H and O–H groups in total. The number of amides is 1. The number of benzene rings is 1. The second-order valence-corrected chi connectivity index (χ2v) is 5.36. The van der Waals surface area contributed by atoms with Gasteiger partial charge in [0, 0.05) is 17.9 Å². The largest absolute Gasteiger partial charge is 0.467 e. The fourth-order valence-corrected chi connectivity index (χ4v) is 2.58. The first kappa shape index (κ1) is 14.7. The van der Waals surface area contributed by atoms with Crippen LogP contribution in [0.4, 0.5) is 4.39 Å². The van der Waals surface area contributed by atoms with E-state index < -0.39 is 0 Å². The molecule has 0 fully saturated rings. The van der Waals surface area contributed by atoms with Crippen LogP contribution in [0.2, 0.25) is 0 Å². The van der Waals surface area contributed by atoms with Gasteiger partial charge in [0.2, 0.25) is 5.91 Å². The van der Waals surface area contributed by atoms with Crippen LogP contribution in [-0.2, 0) is 17.1 Å². The number of hydrogen-bond acceptors (Lipinski definition) is 3. The van der Waals surface area contributed by atoms with Crippen molar-refractivity contribution >= 4 is 17.7 Å². The Kier molecular flexibility index (Phi) is 5.68. The van der Waals surface area contributed by atoms with Gasteiger partial charge in [-0.2, -0.15) is 11.8 Å². The molecule has 0 aliphatic carbocycles. The van der Waals surface area contributed by atoms with E-state index in [1.165, 1.54) is 6.07 Å². The van der Waals surface area contributed by atoms with Crippen molar-refractivity contribution in [2.45, 2.75) is 18.7 Å². The number of carbonyl (C=O) groups excluding carboxylic acids is 1. The van der Waals surface area contributed by atoms with E-state index in [0.29, 0.717) is 30.0 Å². The molecular formula is C15H16FNO2S. The Bertz CT molecular complexity index is 543. The SMILES string of the molecule is O=C(CCSCc1ccccc1F)NCc1ccco1. The first-order valence-electron chi connectivity index (χ1n) is 6.36. The monoisotopic (exact) mass is 293 g/mol. The first-order valence-corrected chi connectivity index (χ1v) is 7.51. The van der Waals surface area contributed by atoms with E-state index in [-0.39, 0.29) is 11.7 Å². The Labute approximate surface area is 121 Å². The highest BCUT2D eigenvalue weighted by Crippen LogP contribution is 2.15. The molecule has 0 unspecified atom stereocenters. The number of halogens is 1. The van der Waals surface area contributed by atoms with Gasteiger partial charge in [-0.3, -0.25) is 4.79 Å². The van der Waals surface area contributed by atoms with Gasteiger partial charge < -0.3 is 9.73 Å². The molecule has 0 saturated carbocycles. The molecule has 0 spiro atoms. The summed E-state index contributed by atoms with van der Waals surface area (Å²) in [7, 11) is 0. The Balaban J connectivity index is 1.61. The van der Waals surface area contributed by atoms with Crippen LogP contribution in [0.1, 0.15) is 17.7 Å². The summed E-state index contributed by atoms with van der Waals surface area (Å²) in [5.41, 5.74) is 0.675. The molecule has 2 rings (SSSR count). The summed E-state index contributed by atoms with van der Waals surface area (Å²) in [4.78, 5) is 11.6. The summed E-state index contributed by atoms with van der Waals surface area (Å²) >= 11 is 1.55. The Morgan fingerprint density at radius 2 is 2.10 bits per heavy atom. The van der Waals surface area contributed by atoms with Crippen molar-refractivity contribution in [3.8, 4) is 0 Å². The van der Waals surface area contributed by atoms with Gasteiger partial charge in [-0.1, -0.05) is 18.2 Å². The zero-order valence-corrected chi connectivity index (χ0v) is 11.8. The molecule has 1 amide bonds. The van der Waals surface area contributed by atoms with Gasteiger partial charge in [0.1, 0.15) is 11.6 Å². The number of carbonyl (C=O) groups is 1. The highest BCUT2D eigenvalue weighted by Gasteiger charge is 2.04. The third-order valence-corrected chi connectivity index (χ3v) is 3.74. The minimum atomic E-state index is -0.192. The summed E-state index contributed by atoms with van der Waals surface area (Å²) in [6.07, 6.45) is 1.99. The van der Waals surface area contributed by atoms with E-state index in [0.717, 1.165) is 5.76 Å². The van der Waals surface area contributed by atoms with Gasteiger partial charge in [0.25, 0.3) is 0 Å². The standard InChI is InChI=1S/C15H16FNO2S/c16-14-6-2-1-4-12(14)11-20-9-7-15(18)17-10-13-5-3-8-19-13/h1-6,8H,7,9-11H2,(H,17,18). The summed E-state index contributed by atoms with van der Waals surface area (Å²) in [5, 5.41) is 2.78. The maximum atomic E-state index is 13.4. The maximum Gasteiger partial charge on any atom is 0.221 e. The molecule has 3 nitrogen and oxygen atoms in total. The summed E-state index contributed by atoms with van der Waals surface area (Å²) in [5.74, 6) is 1.76. The lowest BCUT2D eigenvalue weighted by molar-refractivity contribution is -0.120. The van der Waals surface area contributed by atoms with Crippen LogP contribution in [0.3, 0.4) is 0 Å². The quantitative estimate of drug-likeness (QED) is 0.796. The first-order chi connectivity index (χ1) is 9.75. The Morgan fingerprint density at radius 1 is 1.25 bits per heavy atom. The number of thioether (sulfide) groups is 1. The highest BCUT2D eigenvalue weighted by atomic mass is 32.2. The van der Waals surface area contributed by atoms with E-state index in [9.17, 15) is 9.18 Å². The van der Waals surface area contributed by atoms with E-state index in [1.807, 2.05) is 12.1 Å². The number of nitrogens with one attached hydrogen (secondary N) is 1. The van der Waals surface area contributed by atoms with E-state index in [1.54, 1.807) is 36.2 Å². The molecule has 0 bridgehead atoms. The second kappa shape index (κ2) is 7.75. The zero-order valence-electron chi connectivity index (χ0n) is 11.0. The van der Waals surface area contributed by atoms with Crippen LogP contribution in [0.5, 0.6) is 0 Å². The minimum absolute atomic E-state index is 0.0255. The average molecular weight is 293 g/mol. The van der Waals surface area contributed by atoms with Crippen molar-refractivity contribution in [2.75, 3.05) is 5.75 Å². The minimum Gasteiger partial charge on any atom is -0.467 e. The molecule has 0 saturated heterocycles. The normalized spacial score (nSPS) is 10.4. The van der Waals surface area contributed by atoms with Crippen LogP contribution >= 0.6 is 11.8 Å². The van der Waals surface area contributed by atoms with Crippen LogP contribution in [-0.4, -0.2) is 11.7 Å². The van der Waals surface area contributed by atoms with Crippen molar-refractivity contribution in [3.05, 3.63) is 59.8 Å². The van der Waals surface area contributed by atoms with Gasteiger partial charge in [-0.15, -0.1) is 0 Å². The molecule has 0 radical (unpaired) electrons. The molecule has 0 atom stereocenters. The number of furan rings is 1. The Hall–Kier alpha value is -1.75. The van der Waals surface area contributed by atoms with E-state index >= 15 is 0 Å². The molecule has 1 aromatic heterocycles. The van der Waals surface area contributed by atoms with Crippen molar-refractivity contribution in [1.29, 1.82) is 0 Å². The second-order valence-electron chi connectivity index (χ2n) is 4.25. The fourth-order valence-electron chi connectivity index (χ4n) is 1.65. The molecule has 106 valence electrons. The predicted octanol–water partition coefficient (Wildman–Crippen LogP) is 3.36.